The van der Waals surface area contributed by atoms with Gasteiger partial charge >= 0.3 is 0 Å². The van der Waals surface area contributed by atoms with Crippen LogP contribution < -0.4 is 0 Å². The van der Waals surface area contributed by atoms with E-state index in [2.05, 4.69) is 0 Å². The minimum absolute atomic E-state index is 0.138. The summed E-state index contributed by atoms with van der Waals surface area (Å²) in [6, 6.07) is 14.3. The zero-order valence-electron chi connectivity index (χ0n) is 13.0. The highest BCUT2D eigenvalue weighted by atomic mass is 35.5. The van der Waals surface area contributed by atoms with Crippen LogP contribution in [-0.4, -0.2) is 18.8 Å². The first kappa shape index (κ1) is 17.0. The molecule has 0 saturated carbocycles. The molecule has 0 radical (unpaired) electrons. The van der Waals surface area contributed by atoms with Gasteiger partial charge in [-0.1, -0.05) is 41.9 Å². The molecule has 118 valence electrons. The molecule has 0 heterocycles. The Morgan fingerprint density at radius 3 is 2.27 bits per heavy atom. The van der Waals surface area contributed by atoms with Crippen LogP contribution in [0.3, 0.4) is 0 Å². The Bertz CT molecular complexity index is 743. The lowest BCUT2D eigenvalue weighted by Gasteiger charge is -2.26. The summed E-state index contributed by atoms with van der Waals surface area (Å²) in [6.07, 6.45) is 0. The average molecular weight is 338 g/mol. The average Bonchev–Trinajstić information content (AvgIpc) is 2.48. The van der Waals surface area contributed by atoms with Gasteiger partial charge in [-0.25, -0.2) is 8.42 Å². The fraction of sp³-hybridized carbons (Fsp3) is 0.294. The molecule has 0 fully saturated rings. The molecule has 0 aromatic heterocycles. The van der Waals surface area contributed by atoms with E-state index in [-0.39, 0.29) is 10.9 Å². The standard InChI is InChI=1S/C17H20ClNO2S/c1-13(2)19(12-15-7-5-4-6-8-15)22(20,21)16-9-10-17(18)14(3)11-16/h4-11,13H,12H2,1-3H3. The van der Waals surface area contributed by atoms with Gasteiger partial charge in [0.15, 0.2) is 0 Å². The molecule has 5 heteroatoms. The Morgan fingerprint density at radius 2 is 1.73 bits per heavy atom. The third kappa shape index (κ3) is 3.69. The van der Waals surface area contributed by atoms with Gasteiger partial charge in [-0.2, -0.15) is 4.31 Å². The monoisotopic (exact) mass is 337 g/mol. The van der Waals surface area contributed by atoms with Crippen LogP contribution in [0.5, 0.6) is 0 Å². The van der Waals surface area contributed by atoms with Gasteiger partial charge in [0.05, 0.1) is 4.90 Å². The van der Waals surface area contributed by atoms with Crippen molar-refractivity contribution in [1.29, 1.82) is 0 Å². The third-order valence-corrected chi connectivity index (χ3v) is 5.94. The maximum absolute atomic E-state index is 12.9. The quantitative estimate of drug-likeness (QED) is 0.818. The predicted molar refractivity (Wildman–Crippen MR) is 90.5 cm³/mol. The first-order valence-corrected chi connectivity index (χ1v) is 8.96. The number of rotatable bonds is 5. The van der Waals surface area contributed by atoms with Crippen LogP contribution in [0.1, 0.15) is 25.0 Å². The van der Waals surface area contributed by atoms with Crippen LogP contribution in [0.2, 0.25) is 5.02 Å². The summed E-state index contributed by atoms with van der Waals surface area (Å²) >= 11 is 5.99. The number of benzene rings is 2. The van der Waals surface area contributed by atoms with E-state index < -0.39 is 10.0 Å². The largest absolute Gasteiger partial charge is 0.243 e. The lowest BCUT2D eigenvalue weighted by Crippen LogP contribution is -2.36. The summed E-state index contributed by atoms with van der Waals surface area (Å²) in [6.45, 7) is 5.91. The number of nitrogens with zero attached hydrogens (tertiary/aromatic N) is 1. The molecule has 3 nitrogen and oxygen atoms in total. The number of aryl methyl sites for hydroxylation is 1. The molecule has 0 aliphatic carbocycles. The Balaban J connectivity index is 2.40. The zero-order chi connectivity index (χ0) is 16.3. The van der Waals surface area contributed by atoms with Crippen molar-refractivity contribution in [3.8, 4) is 0 Å². The topological polar surface area (TPSA) is 37.4 Å². The smallest absolute Gasteiger partial charge is 0.207 e. The Kier molecular flexibility index (Phi) is 5.27. The van der Waals surface area contributed by atoms with Gasteiger partial charge in [0.1, 0.15) is 0 Å². The van der Waals surface area contributed by atoms with E-state index in [1.54, 1.807) is 25.1 Å². The van der Waals surface area contributed by atoms with Crippen molar-refractivity contribution in [1.82, 2.24) is 4.31 Å². The molecule has 2 aromatic rings. The summed E-state index contributed by atoms with van der Waals surface area (Å²) in [4.78, 5) is 0.277. The molecule has 2 rings (SSSR count). The van der Waals surface area contributed by atoms with Crippen LogP contribution in [0.4, 0.5) is 0 Å². The lowest BCUT2D eigenvalue weighted by molar-refractivity contribution is 0.348. The number of halogens is 1. The second kappa shape index (κ2) is 6.82. The van der Waals surface area contributed by atoms with E-state index >= 15 is 0 Å². The van der Waals surface area contributed by atoms with Crippen molar-refractivity contribution >= 4 is 21.6 Å². The molecule has 0 bridgehead atoms. The van der Waals surface area contributed by atoms with Crippen LogP contribution in [-0.2, 0) is 16.6 Å². The maximum atomic E-state index is 12.9. The summed E-state index contributed by atoms with van der Waals surface area (Å²) in [5.41, 5.74) is 1.72. The summed E-state index contributed by atoms with van der Waals surface area (Å²) in [7, 11) is -3.56. The lowest BCUT2D eigenvalue weighted by atomic mass is 10.2. The zero-order valence-corrected chi connectivity index (χ0v) is 14.5. The Morgan fingerprint density at radius 1 is 1.09 bits per heavy atom. The molecule has 2 aromatic carbocycles. The maximum Gasteiger partial charge on any atom is 0.243 e. The summed E-state index contributed by atoms with van der Waals surface area (Å²) in [5, 5.41) is 0.568. The van der Waals surface area contributed by atoms with Gasteiger partial charge in [-0.3, -0.25) is 0 Å². The molecule has 0 atom stereocenters. The molecule has 0 aliphatic heterocycles. The van der Waals surface area contributed by atoms with Crippen LogP contribution in [0.25, 0.3) is 0 Å². The van der Waals surface area contributed by atoms with E-state index in [0.29, 0.717) is 11.6 Å². The molecule has 22 heavy (non-hydrogen) atoms. The van der Waals surface area contributed by atoms with E-state index in [9.17, 15) is 8.42 Å². The van der Waals surface area contributed by atoms with E-state index in [1.807, 2.05) is 44.2 Å². The molecule has 0 amide bonds. The van der Waals surface area contributed by atoms with Crippen molar-refractivity contribution in [3.05, 3.63) is 64.7 Å². The highest BCUT2D eigenvalue weighted by Crippen LogP contribution is 2.24. The first-order valence-electron chi connectivity index (χ1n) is 7.14. The van der Waals surface area contributed by atoms with Gasteiger partial charge in [0, 0.05) is 17.6 Å². The number of hydrogen-bond donors (Lipinski definition) is 0. The molecule has 0 N–H and O–H groups in total. The van der Waals surface area contributed by atoms with Crippen LogP contribution in [0, 0.1) is 6.92 Å². The molecular weight excluding hydrogens is 318 g/mol. The summed E-state index contributed by atoms with van der Waals surface area (Å²) < 4.78 is 27.4. The minimum Gasteiger partial charge on any atom is -0.207 e. The van der Waals surface area contributed by atoms with Crippen molar-refractivity contribution in [2.75, 3.05) is 0 Å². The van der Waals surface area contributed by atoms with Crippen LogP contribution >= 0.6 is 11.6 Å². The van der Waals surface area contributed by atoms with E-state index in [4.69, 9.17) is 11.6 Å². The molecule has 0 saturated heterocycles. The SMILES string of the molecule is Cc1cc(S(=O)(=O)N(Cc2ccccc2)C(C)C)ccc1Cl. The van der Waals surface area contributed by atoms with Crippen molar-refractivity contribution in [2.24, 2.45) is 0 Å². The van der Waals surface area contributed by atoms with Crippen molar-refractivity contribution in [2.45, 2.75) is 38.3 Å². The predicted octanol–water partition coefficient (Wildman–Crippen LogP) is 4.25. The van der Waals surface area contributed by atoms with E-state index in [0.717, 1.165) is 11.1 Å². The van der Waals surface area contributed by atoms with Gasteiger partial charge in [0.2, 0.25) is 10.0 Å². The molecule has 0 unspecified atom stereocenters. The van der Waals surface area contributed by atoms with Crippen molar-refractivity contribution < 1.29 is 8.42 Å². The fourth-order valence-corrected chi connectivity index (χ4v) is 4.05. The summed E-state index contributed by atoms with van der Waals surface area (Å²) in [5.74, 6) is 0. The second-order valence-electron chi connectivity index (χ2n) is 5.54. The van der Waals surface area contributed by atoms with E-state index in [1.165, 1.54) is 4.31 Å². The van der Waals surface area contributed by atoms with Gasteiger partial charge in [-0.15, -0.1) is 0 Å². The first-order chi connectivity index (χ1) is 10.3. The Hall–Kier alpha value is -1.36. The minimum atomic E-state index is -3.56. The Labute approximate surface area is 137 Å². The van der Waals surface area contributed by atoms with Gasteiger partial charge in [0.25, 0.3) is 0 Å². The second-order valence-corrected chi connectivity index (χ2v) is 7.84. The number of sulfonamides is 1. The fourth-order valence-electron chi connectivity index (χ4n) is 2.22. The van der Waals surface area contributed by atoms with Gasteiger partial charge in [-0.05, 0) is 50.1 Å². The third-order valence-electron chi connectivity index (χ3n) is 3.49. The van der Waals surface area contributed by atoms with Gasteiger partial charge < -0.3 is 0 Å². The molecular formula is C17H20ClNO2S. The normalized spacial score (nSPS) is 12.1. The highest BCUT2D eigenvalue weighted by Gasteiger charge is 2.27. The number of hydrogen-bond acceptors (Lipinski definition) is 2. The highest BCUT2D eigenvalue weighted by molar-refractivity contribution is 7.89. The molecule has 0 spiro atoms. The molecule has 0 aliphatic rings. The van der Waals surface area contributed by atoms with Crippen molar-refractivity contribution in [3.63, 3.8) is 0 Å². The van der Waals surface area contributed by atoms with Crippen LogP contribution in [0.15, 0.2) is 53.4 Å².